The number of carbonyl (C=O) groups excluding carboxylic acids is 1. The summed E-state index contributed by atoms with van der Waals surface area (Å²) in [4.78, 5) is 16.1. The zero-order valence-electron chi connectivity index (χ0n) is 14.3. The van der Waals surface area contributed by atoms with Crippen LogP contribution < -0.4 is 10.1 Å². The number of methoxy groups -OCH3 is 1. The molecular formula is C19H19N3O3. The Morgan fingerprint density at radius 2 is 1.68 bits per heavy atom. The van der Waals surface area contributed by atoms with E-state index in [0.717, 1.165) is 22.6 Å². The third kappa shape index (κ3) is 3.85. The SMILES string of the molecule is COc1ccc(-c2noc(-c3ccc(NC(=O)C(C)C)cc3)n2)cc1. The van der Waals surface area contributed by atoms with Crippen molar-refractivity contribution in [2.75, 3.05) is 12.4 Å². The highest BCUT2D eigenvalue weighted by Gasteiger charge is 2.12. The predicted molar refractivity (Wildman–Crippen MR) is 95.2 cm³/mol. The van der Waals surface area contributed by atoms with E-state index in [9.17, 15) is 4.79 Å². The molecule has 0 radical (unpaired) electrons. The van der Waals surface area contributed by atoms with E-state index in [1.54, 1.807) is 7.11 Å². The van der Waals surface area contributed by atoms with E-state index in [1.165, 1.54) is 0 Å². The molecule has 6 nitrogen and oxygen atoms in total. The average molecular weight is 337 g/mol. The number of rotatable bonds is 5. The Labute approximate surface area is 145 Å². The molecule has 0 spiro atoms. The van der Waals surface area contributed by atoms with Gasteiger partial charge in [-0.15, -0.1) is 0 Å². The second kappa shape index (κ2) is 7.17. The first-order chi connectivity index (χ1) is 12.1. The second-order valence-corrected chi connectivity index (χ2v) is 5.87. The zero-order valence-corrected chi connectivity index (χ0v) is 14.3. The highest BCUT2D eigenvalue weighted by molar-refractivity contribution is 5.92. The lowest BCUT2D eigenvalue weighted by Crippen LogP contribution is -2.17. The minimum Gasteiger partial charge on any atom is -0.497 e. The summed E-state index contributed by atoms with van der Waals surface area (Å²) in [6, 6.07) is 14.7. The van der Waals surface area contributed by atoms with Crippen LogP contribution in [-0.4, -0.2) is 23.2 Å². The molecule has 3 aromatic rings. The van der Waals surface area contributed by atoms with Crippen LogP contribution in [0.25, 0.3) is 22.8 Å². The molecule has 0 aliphatic rings. The number of hydrogen-bond acceptors (Lipinski definition) is 5. The third-order valence-electron chi connectivity index (χ3n) is 3.70. The Kier molecular flexibility index (Phi) is 4.79. The van der Waals surface area contributed by atoms with Gasteiger partial charge in [0.25, 0.3) is 5.89 Å². The lowest BCUT2D eigenvalue weighted by molar-refractivity contribution is -0.118. The van der Waals surface area contributed by atoms with Crippen molar-refractivity contribution in [1.29, 1.82) is 0 Å². The highest BCUT2D eigenvalue weighted by Crippen LogP contribution is 2.24. The molecule has 0 unspecified atom stereocenters. The molecule has 0 fully saturated rings. The topological polar surface area (TPSA) is 77.3 Å². The van der Waals surface area contributed by atoms with E-state index in [2.05, 4.69) is 15.5 Å². The Morgan fingerprint density at radius 3 is 2.28 bits per heavy atom. The van der Waals surface area contributed by atoms with Crippen molar-refractivity contribution in [3.05, 3.63) is 48.5 Å². The largest absolute Gasteiger partial charge is 0.497 e. The molecule has 1 N–H and O–H groups in total. The summed E-state index contributed by atoms with van der Waals surface area (Å²) in [5.41, 5.74) is 2.36. The minimum atomic E-state index is -0.0670. The van der Waals surface area contributed by atoms with Gasteiger partial charge in [0.05, 0.1) is 7.11 Å². The van der Waals surface area contributed by atoms with Crippen LogP contribution in [0.15, 0.2) is 53.1 Å². The van der Waals surface area contributed by atoms with Crippen molar-refractivity contribution in [2.45, 2.75) is 13.8 Å². The first-order valence-electron chi connectivity index (χ1n) is 7.96. The summed E-state index contributed by atoms with van der Waals surface area (Å²) in [5.74, 6) is 1.61. The van der Waals surface area contributed by atoms with Crippen LogP contribution in [0, 0.1) is 5.92 Å². The van der Waals surface area contributed by atoms with Gasteiger partial charge in [0.15, 0.2) is 0 Å². The summed E-state index contributed by atoms with van der Waals surface area (Å²) in [7, 11) is 1.62. The van der Waals surface area contributed by atoms with Crippen LogP contribution in [0.5, 0.6) is 5.75 Å². The van der Waals surface area contributed by atoms with Crippen LogP contribution in [0.3, 0.4) is 0 Å². The van der Waals surface area contributed by atoms with E-state index in [0.29, 0.717) is 11.7 Å². The molecule has 6 heteroatoms. The average Bonchev–Trinajstić information content (AvgIpc) is 3.12. The van der Waals surface area contributed by atoms with Gasteiger partial charge in [0.1, 0.15) is 5.75 Å². The Hall–Kier alpha value is -3.15. The van der Waals surface area contributed by atoms with Crippen molar-refractivity contribution in [1.82, 2.24) is 10.1 Å². The van der Waals surface area contributed by atoms with Crippen LogP contribution in [0.2, 0.25) is 0 Å². The maximum absolute atomic E-state index is 11.7. The number of aromatic nitrogens is 2. The number of ether oxygens (including phenoxy) is 1. The molecule has 0 atom stereocenters. The fraction of sp³-hybridized carbons (Fsp3) is 0.211. The smallest absolute Gasteiger partial charge is 0.258 e. The van der Waals surface area contributed by atoms with Gasteiger partial charge in [-0.3, -0.25) is 4.79 Å². The molecule has 1 heterocycles. The standard InChI is InChI=1S/C19H19N3O3/c1-12(2)18(23)20-15-8-4-14(5-9-15)19-21-17(22-25-19)13-6-10-16(24-3)11-7-13/h4-12H,1-3H3,(H,20,23). The molecule has 0 bridgehead atoms. The van der Waals surface area contributed by atoms with Crippen molar-refractivity contribution in [2.24, 2.45) is 5.92 Å². The summed E-state index contributed by atoms with van der Waals surface area (Å²) >= 11 is 0. The second-order valence-electron chi connectivity index (χ2n) is 5.87. The lowest BCUT2D eigenvalue weighted by Gasteiger charge is -2.07. The number of benzene rings is 2. The number of amides is 1. The van der Waals surface area contributed by atoms with E-state index in [4.69, 9.17) is 9.26 Å². The van der Waals surface area contributed by atoms with E-state index < -0.39 is 0 Å². The van der Waals surface area contributed by atoms with Gasteiger partial charge in [-0.1, -0.05) is 19.0 Å². The predicted octanol–water partition coefficient (Wildman–Crippen LogP) is 4.01. The van der Waals surface area contributed by atoms with Gasteiger partial charge in [-0.25, -0.2) is 0 Å². The van der Waals surface area contributed by atoms with Crippen LogP contribution in [0.4, 0.5) is 5.69 Å². The van der Waals surface area contributed by atoms with E-state index >= 15 is 0 Å². The van der Waals surface area contributed by atoms with Crippen LogP contribution >= 0.6 is 0 Å². The Balaban J connectivity index is 1.76. The fourth-order valence-corrected chi connectivity index (χ4v) is 2.18. The number of nitrogens with one attached hydrogen (secondary N) is 1. The molecule has 0 aliphatic heterocycles. The maximum Gasteiger partial charge on any atom is 0.258 e. The minimum absolute atomic E-state index is 0.0210. The fourth-order valence-electron chi connectivity index (χ4n) is 2.18. The van der Waals surface area contributed by atoms with Crippen molar-refractivity contribution < 1.29 is 14.1 Å². The first kappa shape index (κ1) is 16.7. The van der Waals surface area contributed by atoms with Gasteiger partial charge in [-0.05, 0) is 48.5 Å². The van der Waals surface area contributed by atoms with Gasteiger partial charge >= 0.3 is 0 Å². The Morgan fingerprint density at radius 1 is 1.04 bits per heavy atom. The highest BCUT2D eigenvalue weighted by atomic mass is 16.5. The zero-order chi connectivity index (χ0) is 17.8. The molecule has 0 saturated carbocycles. The monoisotopic (exact) mass is 337 g/mol. The number of nitrogens with zero attached hydrogens (tertiary/aromatic N) is 2. The quantitative estimate of drug-likeness (QED) is 0.761. The van der Waals surface area contributed by atoms with Crippen LogP contribution in [-0.2, 0) is 4.79 Å². The molecule has 1 aromatic heterocycles. The number of carbonyl (C=O) groups is 1. The van der Waals surface area contributed by atoms with Crippen molar-refractivity contribution in [3.8, 4) is 28.6 Å². The molecule has 0 saturated heterocycles. The van der Waals surface area contributed by atoms with Gasteiger partial charge < -0.3 is 14.6 Å². The number of anilines is 1. The first-order valence-corrected chi connectivity index (χ1v) is 7.96. The van der Waals surface area contributed by atoms with E-state index in [1.807, 2.05) is 62.4 Å². The molecule has 25 heavy (non-hydrogen) atoms. The van der Waals surface area contributed by atoms with Crippen molar-refractivity contribution in [3.63, 3.8) is 0 Å². The van der Waals surface area contributed by atoms with Crippen molar-refractivity contribution >= 4 is 11.6 Å². The summed E-state index contributed by atoms with van der Waals surface area (Å²) in [6.45, 7) is 3.70. The maximum atomic E-state index is 11.7. The molecule has 1 amide bonds. The molecule has 0 aliphatic carbocycles. The molecule has 128 valence electrons. The van der Waals surface area contributed by atoms with Gasteiger partial charge in [0.2, 0.25) is 11.7 Å². The number of hydrogen-bond donors (Lipinski definition) is 1. The molecule has 2 aromatic carbocycles. The van der Waals surface area contributed by atoms with Crippen LogP contribution in [0.1, 0.15) is 13.8 Å². The van der Waals surface area contributed by atoms with Gasteiger partial charge in [0, 0.05) is 22.7 Å². The summed E-state index contributed by atoms with van der Waals surface area (Å²) in [6.07, 6.45) is 0. The Bertz CT molecular complexity index is 852. The summed E-state index contributed by atoms with van der Waals surface area (Å²) in [5, 5.41) is 6.86. The normalized spacial score (nSPS) is 10.7. The summed E-state index contributed by atoms with van der Waals surface area (Å²) < 4.78 is 10.5. The lowest BCUT2D eigenvalue weighted by atomic mass is 10.1. The van der Waals surface area contributed by atoms with E-state index in [-0.39, 0.29) is 11.8 Å². The molecular weight excluding hydrogens is 318 g/mol. The van der Waals surface area contributed by atoms with Gasteiger partial charge in [-0.2, -0.15) is 4.98 Å². The molecule has 3 rings (SSSR count). The third-order valence-corrected chi connectivity index (χ3v) is 3.70.